The van der Waals surface area contributed by atoms with Gasteiger partial charge in [0.2, 0.25) is 0 Å². The van der Waals surface area contributed by atoms with Crippen molar-refractivity contribution in [2.24, 2.45) is 5.41 Å². The average molecular weight is 316 g/mol. The third-order valence-corrected chi connectivity index (χ3v) is 7.03. The van der Waals surface area contributed by atoms with E-state index in [1.54, 1.807) is 0 Å². The van der Waals surface area contributed by atoms with Crippen molar-refractivity contribution in [1.82, 2.24) is 0 Å². The molecule has 0 aromatic rings. The van der Waals surface area contributed by atoms with E-state index in [1.807, 2.05) is 19.9 Å². The Kier molecular flexibility index (Phi) is 5.16. The second kappa shape index (κ2) is 6.39. The van der Waals surface area contributed by atoms with Crippen molar-refractivity contribution in [3.8, 4) is 0 Å². The number of ether oxygens (including phenoxy) is 1. The fourth-order valence-electron chi connectivity index (χ4n) is 3.99. The lowest BCUT2D eigenvalue weighted by Gasteiger charge is -2.38. The van der Waals surface area contributed by atoms with Gasteiger partial charge in [-0.25, -0.2) is 4.18 Å². The van der Waals surface area contributed by atoms with E-state index in [-0.39, 0.29) is 5.41 Å². The normalized spacial score (nSPS) is 33.8. The van der Waals surface area contributed by atoms with Crippen molar-refractivity contribution < 1.29 is 17.3 Å². The summed E-state index contributed by atoms with van der Waals surface area (Å²) < 4.78 is 37.0. The third-order valence-electron chi connectivity index (χ3n) is 5.15. The number of fused-ring (bicyclic) bond motifs is 1. The van der Waals surface area contributed by atoms with E-state index in [2.05, 4.69) is 6.58 Å². The minimum atomic E-state index is -3.60. The predicted molar refractivity (Wildman–Crippen MR) is 83.4 cm³/mol. The van der Waals surface area contributed by atoms with Crippen LogP contribution in [0.15, 0.2) is 12.7 Å². The molecule has 1 saturated heterocycles. The summed E-state index contributed by atoms with van der Waals surface area (Å²) in [6.45, 7) is 8.31. The van der Waals surface area contributed by atoms with Crippen LogP contribution in [0.2, 0.25) is 0 Å². The van der Waals surface area contributed by atoms with E-state index in [4.69, 9.17) is 8.92 Å². The molecular formula is C16H28O4S. The van der Waals surface area contributed by atoms with Gasteiger partial charge in [0.15, 0.2) is 5.79 Å². The lowest BCUT2D eigenvalue weighted by molar-refractivity contribution is -0.188. The quantitative estimate of drug-likeness (QED) is 0.505. The van der Waals surface area contributed by atoms with Crippen molar-refractivity contribution in [2.75, 3.05) is 6.61 Å². The predicted octanol–water partition coefficient (Wildman–Crippen LogP) is 3.77. The molecule has 0 aromatic heterocycles. The summed E-state index contributed by atoms with van der Waals surface area (Å²) in [7, 11) is -3.60. The van der Waals surface area contributed by atoms with Crippen LogP contribution >= 0.6 is 0 Å². The van der Waals surface area contributed by atoms with E-state index >= 15 is 0 Å². The Hall–Kier alpha value is -0.390. The highest BCUT2D eigenvalue weighted by Crippen LogP contribution is 2.58. The Morgan fingerprint density at radius 1 is 1.33 bits per heavy atom. The molecule has 0 amide bonds. The van der Waals surface area contributed by atoms with Gasteiger partial charge in [-0.15, -0.1) is 6.58 Å². The maximum atomic E-state index is 12.7. The fraction of sp³-hybridized carbons (Fsp3) is 0.875. The molecule has 0 N–H and O–H groups in total. The van der Waals surface area contributed by atoms with Gasteiger partial charge in [0.25, 0.3) is 10.1 Å². The highest BCUT2D eigenvalue weighted by molar-refractivity contribution is 7.87. The Labute approximate surface area is 129 Å². The molecule has 0 radical (unpaired) electrons. The first-order valence-electron chi connectivity index (χ1n) is 8.14. The molecule has 0 bridgehead atoms. The Morgan fingerprint density at radius 3 is 2.71 bits per heavy atom. The molecule has 2 rings (SSSR count). The Bertz CT molecular complexity index is 459. The maximum absolute atomic E-state index is 12.7. The number of rotatable bonds is 8. The molecule has 3 unspecified atom stereocenters. The summed E-state index contributed by atoms with van der Waals surface area (Å²) in [4.78, 5) is 0. The van der Waals surface area contributed by atoms with Gasteiger partial charge in [-0.2, -0.15) is 8.42 Å². The number of allylic oxidation sites excluding steroid dienone is 1. The molecule has 0 spiro atoms. The minimum Gasteiger partial charge on any atom is -0.348 e. The third kappa shape index (κ3) is 2.92. The van der Waals surface area contributed by atoms with Gasteiger partial charge in [0, 0.05) is 11.8 Å². The molecule has 5 heteroatoms. The lowest BCUT2D eigenvalue weighted by Crippen LogP contribution is -2.46. The molecule has 21 heavy (non-hydrogen) atoms. The molecule has 0 aromatic carbocycles. The molecule has 1 heterocycles. The highest BCUT2D eigenvalue weighted by Gasteiger charge is 2.62. The van der Waals surface area contributed by atoms with Crippen LogP contribution in [0.25, 0.3) is 0 Å². The molecule has 3 atom stereocenters. The monoisotopic (exact) mass is 316 g/mol. The summed E-state index contributed by atoms with van der Waals surface area (Å²) in [5.41, 5.74) is -0.202. The second-order valence-electron chi connectivity index (χ2n) is 6.37. The summed E-state index contributed by atoms with van der Waals surface area (Å²) in [5.74, 6) is -0.943. The van der Waals surface area contributed by atoms with Crippen LogP contribution in [0.5, 0.6) is 0 Å². The molecule has 4 nitrogen and oxygen atoms in total. The van der Waals surface area contributed by atoms with Crippen LogP contribution in [0.3, 0.4) is 0 Å². The molecule has 2 aliphatic rings. The van der Waals surface area contributed by atoms with Crippen LogP contribution in [-0.4, -0.2) is 26.1 Å². The van der Waals surface area contributed by atoms with Crippen molar-refractivity contribution in [1.29, 1.82) is 0 Å². The summed E-state index contributed by atoms with van der Waals surface area (Å²) in [5, 5.41) is -0.428. The average Bonchev–Trinajstić information content (AvgIpc) is 2.89. The van der Waals surface area contributed by atoms with Crippen molar-refractivity contribution in [3.05, 3.63) is 12.7 Å². The summed E-state index contributed by atoms with van der Waals surface area (Å²) in [6, 6.07) is 0. The van der Waals surface area contributed by atoms with E-state index in [9.17, 15) is 8.42 Å². The SMILES string of the molecule is C=CCC12CCCC1(OS(=O)(=O)C(CC)CCC)OCC2. The maximum Gasteiger partial charge on any atom is 0.272 e. The van der Waals surface area contributed by atoms with Gasteiger partial charge >= 0.3 is 0 Å². The van der Waals surface area contributed by atoms with E-state index in [0.29, 0.717) is 25.9 Å². The molecule has 1 aliphatic carbocycles. The zero-order chi connectivity index (χ0) is 15.6. The summed E-state index contributed by atoms with van der Waals surface area (Å²) >= 11 is 0. The molecular weight excluding hydrogens is 288 g/mol. The van der Waals surface area contributed by atoms with E-state index in [0.717, 1.165) is 32.1 Å². The van der Waals surface area contributed by atoms with Gasteiger partial charge in [-0.05, 0) is 38.5 Å². The van der Waals surface area contributed by atoms with E-state index < -0.39 is 21.2 Å². The van der Waals surface area contributed by atoms with Crippen LogP contribution in [0.1, 0.15) is 65.2 Å². The van der Waals surface area contributed by atoms with Crippen molar-refractivity contribution in [3.63, 3.8) is 0 Å². The van der Waals surface area contributed by atoms with Gasteiger partial charge in [0.05, 0.1) is 11.9 Å². The van der Waals surface area contributed by atoms with Crippen molar-refractivity contribution in [2.45, 2.75) is 76.3 Å². The zero-order valence-corrected chi connectivity index (χ0v) is 14.1. The van der Waals surface area contributed by atoms with E-state index in [1.165, 1.54) is 0 Å². The Balaban J connectivity index is 2.25. The first-order chi connectivity index (χ1) is 9.95. The summed E-state index contributed by atoms with van der Waals surface area (Å²) in [6.07, 6.45) is 8.13. The first-order valence-corrected chi connectivity index (χ1v) is 9.62. The highest BCUT2D eigenvalue weighted by atomic mass is 32.2. The first kappa shape index (κ1) is 17.0. The molecule has 2 fully saturated rings. The van der Waals surface area contributed by atoms with Crippen molar-refractivity contribution >= 4 is 10.1 Å². The topological polar surface area (TPSA) is 52.6 Å². The molecule has 1 aliphatic heterocycles. The zero-order valence-electron chi connectivity index (χ0n) is 13.3. The van der Waals surface area contributed by atoms with Gasteiger partial charge in [0.1, 0.15) is 0 Å². The number of hydrogen-bond donors (Lipinski definition) is 0. The van der Waals surface area contributed by atoms with Crippen LogP contribution < -0.4 is 0 Å². The van der Waals surface area contributed by atoms with Crippen LogP contribution in [0, 0.1) is 5.41 Å². The largest absolute Gasteiger partial charge is 0.348 e. The van der Waals surface area contributed by atoms with Crippen LogP contribution in [-0.2, 0) is 19.0 Å². The van der Waals surface area contributed by atoms with Gasteiger partial charge in [-0.3, -0.25) is 0 Å². The van der Waals surface area contributed by atoms with Gasteiger partial charge < -0.3 is 4.74 Å². The molecule has 1 saturated carbocycles. The Morgan fingerprint density at radius 2 is 2.10 bits per heavy atom. The second-order valence-corrected chi connectivity index (χ2v) is 8.19. The fourth-order valence-corrected chi connectivity index (χ4v) is 5.74. The van der Waals surface area contributed by atoms with Crippen LogP contribution in [0.4, 0.5) is 0 Å². The minimum absolute atomic E-state index is 0.202. The number of hydrogen-bond acceptors (Lipinski definition) is 4. The smallest absolute Gasteiger partial charge is 0.272 e. The standard InChI is InChI=1S/C16H28O4S/c1-4-8-14(6-3)21(17,18)20-16-11-7-10-15(16,9-5-2)12-13-19-16/h5,14H,2,4,6-13H2,1,3H3. The van der Waals surface area contributed by atoms with Gasteiger partial charge in [-0.1, -0.05) is 26.3 Å². The molecule has 122 valence electrons. The lowest BCUT2D eigenvalue weighted by atomic mass is 9.77.